The first kappa shape index (κ1) is 12.8. The number of nitrogens with zero attached hydrogens (tertiary/aromatic N) is 3. The maximum atomic E-state index is 11.4. The summed E-state index contributed by atoms with van der Waals surface area (Å²) in [6, 6.07) is 2.12. The summed E-state index contributed by atoms with van der Waals surface area (Å²) in [7, 11) is 0. The Balaban J connectivity index is 2.47. The lowest BCUT2D eigenvalue weighted by Gasteiger charge is -2.17. The minimum atomic E-state index is 0.0676. The molecule has 0 unspecified atom stereocenters. The van der Waals surface area contributed by atoms with Gasteiger partial charge in [-0.25, -0.2) is 4.98 Å². The van der Waals surface area contributed by atoms with Crippen LogP contribution in [-0.2, 0) is 17.6 Å². The van der Waals surface area contributed by atoms with Gasteiger partial charge >= 0.3 is 0 Å². The smallest absolute Gasteiger partial charge is 0.219 e. The van der Waals surface area contributed by atoms with Gasteiger partial charge in [0.15, 0.2) is 0 Å². The third-order valence-corrected chi connectivity index (χ3v) is 3.67. The standard InChI is InChI=1S/C13H14ClN3O/c1-8-10-3-5-17(9(2)18)6-4-11(10)12(7-15)13(14)16-8/h3-6H2,1-2H3. The highest BCUT2D eigenvalue weighted by molar-refractivity contribution is 6.30. The summed E-state index contributed by atoms with van der Waals surface area (Å²) in [5, 5.41) is 9.45. The van der Waals surface area contributed by atoms with Crippen molar-refractivity contribution in [3.05, 3.63) is 27.5 Å². The number of hydrogen-bond acceptors (Lipinski definition) is 3. The molecule has 1 amide bonds. The third-order valence-electron chi connectivity index (χ3n) is 3.40. The minimum Gasteiger partial charge on any atom is -0.342 e. The molecule has 0 saturated carbocycles. The summed E-state index contributed by atoms with van der Waals surface area (Å²) in [6.45, 7) is 4.78. The summed E-state index contributed by atoms with van der Waals surface area (Å²) in [6.07, 6.45) is 1.40. The first-order valence-corrected chi connectivity index (χ1v) is 6.26. The fourth-order valence-corrected chi connectivity index (χ4v) is 2.69. The van der Waals surface area contributed by atoms with E-state index in [-0.39, 0.29) is 11.1 Å². The number of rotatable bonds is 0. The molecule has 0 spiro atoms. The quantitative estimate of drug-likeness (QED) is 0.672. The van der Waals surface area contributed by atoms with Crippen molar-refractivity contribution < 1.29 is 4.79 Å². The largest absolute Gasteiger partial charge is 0.342 e. The molecule has 2 rings (SSSR count). The number of nitriles is 1. The van der Waals surface area contributed by atoms with Crippen LogP contribution in [0.2, 0.25) is 5.15 Å². The molecule has 1 aromatic rings. The Morgan fingerprint density at radius 1 is 1.39 bits per heavy atom. The number of halogens is 1. The first-order valence-electron chi connectivity index (χ1n) is 5.88. The topological polar surface area (TPSA) is 57.0 Å². The molecular weight excluding hydrogens is 250 g/mol. The van der Waals surface area contributed by atoms with Gasteiger partial charge in [0, 0.05) is 25.7 Å². The molecule has 5 heteroatoms. The van der Waals surface area contributed by atoms with E-state index in [2.05, 4.69) is 11.1 Å². The lowest BCUT2D eigenvalue weighted by atomic mass is 9.98. The first-order chi connectivity index (χ1) is 8.54. The van der Waals surface area contributed by atoms with E-state index < -0.39 is 0 Å². The second-order valence-electron chi connectivity index (χ2n) is 4.44. The number of amides is 1. The van der Waals surface area contributed by atoms with E-state index in [1.54, 1.807) is 11.8 Å². The van der Waals surface area contributed by atoms with Gasteiger partial charge in [0.2, 0.25) is 5.91 Å². The fourth-order valence-electron chi connectivity index (χ4n) is 2.41. The molecule has 0 fully saturated rings. The molecule has 4 nitrogen and oxygen atoms in total. The van der Waals surface area contributed by atoms with Gasteiger partial charge in [-0.1, -0.05) is 11.6 Å². The summed E-state index contributed by atoms with van der Waals surface area (Å²) in [5.74, 6) is 0.0676. The molecule has 2 heterocycles. The van der Waals surface area contributed by atoms with Crippen LogP contribution in [0.15, 0.2) is 0 Å². The average molecular weight is 264 g/mol. The van der Waals surface area contributed by atoms with E-state index in [9.17, 15) is 10.1 Å². The van der Waals surface area contributed by atoms with Gasteiger partial charge in [0.05, 0.1) is 5.56 Å². The molecule has 0 aliphatic carbocycles. The van der Waals surface area contributed by atoms with Crippen molar-refractivity contribution in [2.45, 2.75) is 26.7 Å². The molecule has 0 aromatic carbocycles. The van der Waals surface area contributed by atoms with Gasteiger partial charge in [-0.2, -0.15) is 5.26 Å². The maximum absolute atomic E-state index is 11.4. The van der Waals surface area contributed by atoms with E-state index >= 15 is 0 Å². The Morgan fingerprint density at radius 3 is 2.56 bits per heavy atom. The Labute approximate surface area is 111 Å². The van der Waals surface area contributed by atoms with E-state index in [0.29, 0.717) is 25.1 Å². The number of carbonyl (C=O) groups is 1. The molecule has 0 bridgehead atoms. The van der Waals surface area contributed by atoms with Gasteiger partial charge < -0.3 is 4.90 Å². The Kier molecular flexibility index (Phi) is 3.53. The monoisotopic (exact) mass is 263 g/mol. The Bertz CT molecular complexity index is 548. The Morgan fingerprint density at radius 2 is 2.00 bits per heavy atom. The van der Waals surface area contributed by atoms with Crippen molar-refractivity contribution in [2.75, 3.05) is 13.1 Å². The summed E-state index contributed by atoms with van der Waals surface area (Å²) in [5.41, 5.74) is 3.35. The Hall–Kier alpha value is -1.60. The molecule has 0 N–H and O–H groups in total. The van der Waals surface area contributed by atoms with Crippen molar-refractivity contribution in [1.29, 1.82) is 5.26 Å². The van der Waals surface area contributed by atoms with E-state index in [0.717, 1.165) is 23.2 Å². The number of aryl methyl sites for hydroxylation is 1. The van der Waals surface area contributed by atoms with E-state index in [1.807, 2.05) is 6.92 Å². The molecule has 1 aliphatic heterocycles. The number of pyridine rings is 1. The summed E-state index contributed by atoms with van der Waals surface area (Å²) >= 11 is 6.00. The SMILES string of the molecule is CC(=O)N1CCc2c(C)nc(Cl)c(C#N)c2CC1. The molecule has 18 heavy (non-hydrogen) atoms. The van der Waals surface area contributed by atoms with Crippen molar-refractivity contribution >= 4 is 17.5 Å². The number of aromatic nitrogens is 1. The normalized spacial score (nSPS) is 14.7. The van der Waals surface area contributed by atoms with Crippen LogP contribution in [0.1, 0.15) is 29.3 Å². The van der Waals surface area contributed by atoms with Crippen LogP contribution in [0.3, 0.4) is 0 Å². The van der Waals surface area contributed by atoms with Crippen molar-refractivity contribution in [3.63, 3.8) is 0 Å². The second kappa shape index (κ2) is 4.95. The fraction of sp³-hybridized carbons (Fsp3) is 0.462. The van der Waals surface area contributed by atoms with Crippen LogP contribution in [0.25, 0.3) is 0 Å². The molecule has 94 valence electrons. The van der Waals surface area contributed by atoms with Crippen molar-refractivity contribution in [3.8, 4) is 6.07 Å². The predicted molar refractivity (Wildman–Crippen MR) is 68.4 cm³/mol. The minimum absolute atomic E-state index is 0.0676. The highest BCUT2D eigenvalue weighted by Crippen LogP contribution is 2.26. The second-order valence-corrected chi connectivity index (χ2v) is 4.80. The predicted octanol–water partition coefficient (Wildman–Crippen LogP) is 1.86. The lowest BCUT2D eigenvalue weighted by Crippen LogP contribution is -2.31. The number of hydrogen-bond donors (Lipinski definition) is 0. The zero-order valence-electron chi connectivity index (χ0n) is 10.5. The molecule has 0 saturated heterocycles. The van der Waals surface area contributed by atoms with Crippen LogP contribution in [-0.4, -0.2) is 28.9 Å². The van der Waals surface area contributed by atoms with Crippen LogP contribution < -0.4 is 0 Å². The zero-order chi connectivity index (χ0) is 13.3. The number of fused-ring (bicyclic) bond motifs is 1. The zero-order valence-corrected chi connectivity index (χ0v) is 11.2. The molecule has 0 radical (unpaired) electrons. The van der Waals surface area contributed by atoms with E-state index in [1.165, 1.54) is 0 Å². The van der Waals surface area contributed by atoms with Gasteiger partial charge in [-0.05, 0) is 30.9 Å². The lowest BCUT2D eigenvalue weighted by molar-refractivity contribution is -0.128. The van der Waals surface area contributed by atoms with Crippen molar-refractivity contribution in [1.82, 2.24) is 9.88 Å². The molecule has 0 atom stereocenters. The van der Waals surface area contributed by atoms with Gasteiger partial charge in [-0.15, -0.1) is 0 Å². The van der Waals surface area contributed by atoms with Crippen molar-refractivity contribution in [2.24, 2.45) is 0 Å². The molecular formula is C13H14ClN3O. The molecule has 1 aliphatic rings. The highest BCUT2D eigenvalue weighted by atomic mass is 35.5. The van der Waals surface area contributed by atoms with Crippen LogP contribution in [0.4, 0.5) is 0 Å². The van der Waals surface area contributed by atoms with Crippen LogP contribution in [0, 0.1) is 18.3 Å². The van der Waals surface area contributed by atoms with Gasteiger partial charge in [-0.3, -0.25) is 4.79 Å². The van der Waals surface area contributed by atoms with Gasteiger partial charge in [0.1, 0.15) is 11.2 Å². The summed E-state index contributed by atoms with van der Waals surface area (Å²) in [4.78, 5) is 17.4. The average Bonchev–Trinajstić information content (AvgIpc) is 2.52. The third kappa shape index (κ3) is 2.19. The van der Waals surface area contributed by atoms with Gasteiger partial charge in [0.25, 0.3) is 0 Å². The summed E-state index contributed by atoms with van der Waals surface area (Å²) < 4.78 is 0. The molecule has 1 aromatic heterocycles. The number of carbonyl (C=O) groups excluding carboxylic acids is 1. The maximum Gasteiger partial charge on any atom is 0.219 e. The highest BCUT2D eigenvalue weighted by Gasteiger charge is 2.22. The van der Waals surface area contributed by atoms with Crippen LogP contribution >= 0.6 is 11.6 Å². The van der Waals surface area contributed by atoms with E-state index in [4.69, 9.17) is 11.6 Å². The van der Waals surface area contributed by atoms with Crippen LogP contribution in [0.5, 0.6) is 0 Å².